The Hall–Kier alpha value is -1.63. The Kier molecular flexibility index (Phi) is 13.8. The number of rotatable bonds is 4. The maximum absolute atomic E-state index is 14.2. The molecular weight excluding hydrogens is 458 g/mol. The van der Waals surface area contributed by atoms with Crippen LogP contribution >= 0.6 is 11.6 Å². The monoisotopic (exact) mass is 492 g/mol. The summed E-state index contributed by atoms with van der Waals surface area (Å²) in [6.07, 6.45) is 7.50. The van der Waals surface area contributed by atoms with Crippen LogP contribution < -0.4 is 34.5 Å². The van der Waals surface area contributed by atoms with E-state index in [1.807, 2.05) is 12.1 Å². The predicted molar refractivity (Wildman–Crippen MR) is 140 cm³/mol. The molecule has 1 aliphatic heterocycles. The molecule has 4 rings (SSSR count). The summed E-state index contributed by atoms with van der Waals surface area (Å²) in [7, 11) is 2.16. The zero-order valence-corrected chi connectivity index (χ0v) is 24.0. The van der Waals surface area contributed by atoms with Gasteiger partial charge < -0.3 is 14.8 Å². The van der Waals surface area contributed by atoms with Gasteiger partial charge in [-0.05, 0) is 31.2 Å². The minimum Gasteiger partial charge on any atom is -0.670 e. The number of pyridine rings is 1. The van der Waals surface area contributed by atoms with Crippen LogP contribution in [0.3, 0.4) is 0 Å². The normalized spacial score (nSPS) is 13.2. The first-order chi connectivity index (χ1) is 15.8. The number of halogens is 2. The van der Waals surface area contributed by atoms with Gasteiger partial charge in [-0.25, -0.2) is 9.37 Å². The number of hydrogen-bond donors (Lipinski definition) is 0. The Morgan fingerprint density at radius 2 is 1.82 bits per heavy atom. The van der Waals surface area contributed by atoms with Gasteiger partial charge in [0.05, 0.1) is 10.5 Å². The molecule has 0 radical (unpaired) electrons. The minimum absolute atomic E-state index is 0. The second-order valence-corrected chi connectivity index (χ2v) is 8.52. The summed E-state index contributed by atoms with van der Waals surface area (Å²) in [5.74, 6) is -0.520. The number of allylic oxidation sites excluding steroid dienone is 1. The summed E-state index contributed by atoms with van der Waals surface area (Å²) in [4.78, 5) is 12.9. The number of nitrogens with zero attached hydrogens (tertiary/aromatic N) is 4. The Balaban J connectivity index is 0.000000326. The Labute approximate surface area is 231 Å². The van der Waals surface area contributed by atoms with Gasteiger partial charge in [0.25, 0.3) is 0 Å². The number of hydrogen-bond acceptors (Lipinski definition) is 3. The van der Waals surface area contributed by atoms with Crippen molar-refractivity contribution in [2.45, 2.75) is 33.6 Å². The molecule has 4 nitrogen and oxygen atoms in total. The van der Waals surface area contributed by atoms with Gasteiger partial charge in [-0.1, -0.05) is 75.7 Å². The minimum atomic E-state index is -0.520. The van der Waals surface area contributed by atoms with E-state index in [0.29, 0.717) is 16.5 Å². The molecule has 7 heteroatoms. The van der Waals surface area contributed by atoms with Gasteiger partial charge in [0, 0.05) is 37.3 Å². The number of benzene rings is 1. The van der Waals surface area contributed by atoms with E-state index in [1.54, 1.807) is 30.6 Å². The average Bonchev–Trinajstić information content (AvgIpc) is 3.36. The fourth-order valence-corrected chi connectivity index (χ4v) is 3.40. The Bertz CT molecular complexity index is 1040. The summed E-state index contributed by atoms with van der Waals surface area (Å²) in [5, 5.41) is 0.671. The van der Waals surface area contributed by atoms with Crippen molar-refractivity contribution in [1.29, 1.82) is 0 Å². The van der Waals surface area contributed by atoms with Gasteiger partial charge in [0.1, 0.15) is 5.69 Å². The summed E-state index contributed by atoms with van der Waals surface area (Å²) in [6, 6.07) is 7.10. The standard InChI is InChI=1S/C15H9ClFN2.C8H16N2.C4H10.Na/c1-2-9-3-4-11-12(7-9)19-15(14(17)13(11)16)10-5-6-18-8-10;1-8(2)10-6-4-9(3)5-7-10;1-3-4-2;/h2-8H,1H2;1,4-7H2,2-3H3;3-4H2,1-2H3;/q-1;;;+1. The molecule has 0 saturated carbocycles. The van der Waals surface area contributed by atoms with Crippen LogP contribution in [0.4, 0.5) is 4.39 Å². The Morgan fingerprint density at radius 1 is 1.18 bits per heavy atom. The van der Waals surface area contributed by atoms with Gasteiger partial charge in [0.15, 0.2) is 5.82 Å². The van der Waals surface area contributed by atoms with Crippen molar-refractivity contribution in [1.82, 2.24) is 19.8 Å². The molecule has 0 N–H and O–H groups in total. The molecule has 0 amide bonds. The van der Waals surface area contributed by atoms with E-state index in [-0.39, 0.29) is 40.3 Å². The van der Waals surface area contributed by atoms with Gasteiger partial charge >= 0.3 is 29.6 Å². The SMILES string of the molecule is C=C(C)N1CCN(C)CC1.C=Cc1ccc2c(Cl)c(F)c(-c3cc[n-]c3)nc2c1.CCCC.[Na+]. The fraction of sp³-hybridized carbons (Fsp3) is 0.370. The third-order valence-electron chi connectivity index (χ3n) is 5.50. The maximum Gasteiger partial charge on any atom is 1.00 e. The molecule has 34 heavy (non-hydrogen) atoms. The van der Waals surface area contributed by atoms with Crippen LogP contribution in [0.15, 0.2) is 55.5 Å². The van der Waals surface area contributed by atoms with E-state index in [2.05, 4.69) is 60.7 Å². The number of piperazine rings is 1. The summed E-state index contributed by atoms with van der Waals surface area (Å²) < 4.78 is 14.2. The second kappa shape index (κ2) is 15.4. The molecule has 3 aromatic rings. The second-order valence-electron chi connectivity index (χ2n) is 8.14. The third-order valence-corrected chi connectivity index (χ3v) is 5.87. The van der Waals surface area contributed by atoms with Gasteiger partial charge in [-0.2, -0.15) is 12.4 Å². The van der Waals surface area contributed by atoms with Crippen molar-refractivity contribution < 1.29 is 33.9 Å². The van der Waals surface area contributed by atoms with Crippen LogP contribution in [0.5, 0.6) is 0 Å². The van der Waals surface area contributed by atoms with E-state index in [4.69, 9.17) is 11.6 Å². The first kappa shape index (κ1) is 30.4. The maximum atomic E-state index is 14.2. The zero-order valence-electron chi connectivity index (χ0n) is 21.2. The summed E-state index contributed by atoms with van der Waals surface area (Å²) >= 11 is 6.08. The van der Waals surface area contributed by atoms with Crippen LogP contribution in [0, 0.1) is 5.82 Å². The average molecular weight is 493 g/mol. The van der Waals surface area contributed by atoms with Crippen LogP contribution in [0.1, 0.15) is 39.2 Å². The first-order valence-corrected chi connectivity index (χ1v) is 11.8. The number of aromatic nitrogens is 2. The topological polar surface area (TPSA) is 33.5 Å². The smallest absolute Gasteiger partial charge is 0.670 e. The van der Waals surface area contributed by atoms with Crippen LogP contribution in [0.25, 0.3) is 28.2 Å². The molecule has 1 aromatic carbocycles. The summed E-state index contributed by atoms with van der Waals surface area (Å²) in [5.41, 5.74) is 3.59. The van der Waals surface area contributed by atoms with Crippen LogP contribution in [0.2, 0.25) is 5.02 Å². The third kappa shape index (κ3) is 8.54. The van der Waals surface area contributed by atoms with Crippen molar-refractivity contribution in [3.05, 3.63) is 71.9 Å². The fourth-order valence-electron chi connectivity index (χ4n) is 3.15. The molecule has 2 aromatic heterocycles. The van der Waals surface area contributed by atoms with E-state index in [0.717, 1.165) is 18.7 Å². The van der Waals surface area contributed by atoms with E-state index < -0.39 is 5.82 Å². The molecule has 0 aliphatic carbocycles. The van der Waals surface area contributed by atoms with E-state index >= 15 is 0 Å². The Morgan fingerprint density at radius 3 is 2.32 bits per heavy atom. The molecule has 178 valence electrons. The van der Waals surface area contributed by atoms with Crippen molar-refractivity contribution in [2.75, 3.05) is 33.2 Å². The predicted octanol–water partition coefficient (Wildman–Crippen LogP) is 3.87. The van der Waals surface area contributed by atoms with E-state index in [1.165, 1.54) is 31.6 Å². The molecule has 1 aliphatic rings. The van der Waals surface area contributed by atoms with Crippen molar-refractivity contribution in [3.63, 3.8) is 0 Å². The van der Waals surface area contributed by atoms with Gasteiger partial charge in [-0.3, -0.25) is 0 Å². The van der Waals surface area contributed by atoms with Crippen LogP contribution in [-0.2, 0) is 0 Å². The molecule has 3 heterocycles. The summed E-state index contributed by atoms with van der Waals surface area (Å²) in [6.45, 7) is 18.7. The van der Waals surface area contributed by atoms with E-state index in [9.17, 15) is 4.39 Å². The van der Waals surface area contributed by atoms with Crippen molar-refractivity contribution in [2.24, 2.45) is 0 Å². The largest absolute Gasteiger partial charge is 1.00 e. The number of fused-ring (bicyclic) bond motifs is 1. The van der Waals surface area contributed by atoms with Crippen LogP contribution in [-0.4, -0.2) is 48.0 Å². The quantitative estimate of drug-likeness (QED) is 0.518. The molecular formula is C27H35ClFN4Na. The van der Waals surface area contributed by atoms with Gasteiger partial charge in [0.2, 0.25) is 0 Å². The first-order valence-electron chi connectivity index (χ1n) is 11.4. The molecule has 0 atom stereocenters. The molecule has 0 bridgehead atoms. The number of likely N-dealkylation sites (N-methyl/N-ethyl adjacent to an activating group) is 1. The number of unbranched alkanes of at least 4 members (excludes halogenated alkanes) is 1. The molecule has 1 fully saturated rings. The van der Waals surface area contributed by atoms with Crippen molar-refractivity contribution in [3.8, 4) is 11.3 Å². The molecule has 1 saturated heterocycles. The molecule has 0 unspecified atom stereocenters. The van der Waals surface area contributed by atoms with Crippen molar-refractivity contribution >= 4 is 28.6 Å². The zero-order chi connectivity index (χ0) is 24.4. The van der Waals surface area contributed by atoms with Gasteiger partial charge in [-0.15, -0.1) is 0 Å². The molecule has 0 spiro atoms.